The van der Waals surface area contributed by atoms with E-state index >= 15 is 0 Å². The van der Waals surface area contributed by atoms with Crippen LogP contribution in [0.1, 0.15) is 6.04 Å². The van der Waals surface area contributed by atoms with E-state index in [0.717, 1.165) is 19.6 Å². The molecule has 2 atom stereocenters. The third-order valence-corrected chi connectivity index (χ3v) is 2.97. The van der Waals surface area contributed by atoms with Gasteiger partial charge in [-0.1, -0.05) is 0 Å². The molecule has 1 aromatic heterocycles. The predicted molar refractivity (Wildman–Crippen MR) is 57.6 cm³/mol. The Morgan fingerprint density at radius 1 is 1.53 bits per heavy atom. The quantitative estimate of drug-likeness (QED) is 0.742. The van der Waals surface area contributed by atoms with E-state index in [4.69, 9.17) is 10.5 Å². The normalized spacial score (nSPS) is 27.3. The van der Waals surface area contributed by atoms with Crippen molar-refractivity contribution in [1.29, 1.82) is 0 Å². The topological polar surface area (TPSA) is 56.3 Å². The zero-order valence-corrected chi connectivity index (χ0v) is 9.04. The molecule has 0 saturated carbocycles. The summed E-state index contributed by atoms with van der Waals surface area (Å²) in [6, 6.07) is 0.365. The van der Waals surface area contributed by atoms with Crippen molar-refractivity contribution in [2.24, 2.45) is 5.73 Å². The minimum atomic E-state index is 0.241. The van der Waals surface area contributed by atoms with Crippen molar-refractivity contribution < 1.29 is 4.74 Å². The molecule has 2 N–H and O–H groups in total. The van der Waals surface area contributed by atoms with Gasteiger partial charge in [0.25, 0.3) is 0 Å². The van der Waals surface area contributed by atoms with Gasteiger partial charge in [-0.3, -0.25) is 4.90 Å². The fourth-order valence-electron chi connectivity index (χ4n) is 2.18. The molecular weight excluding hydrogens is 192 g/mol. The van der Waals surface area contributed by atoms with Gasteiger partial charge in [0.15, 0.2) is 0 Å². The van der Waals surface area contributed by atoms with Crippen LogP contribution in [-0.2, 0) is 4.74 Å². The molecule has 5 nitrogen and oxygen atoms in total. The number of likely N-dealkylation sites (tertiary alicyclic amines) is 1. The number of ether oxygens (including phenoxy) is 1. The number of methoxy groups -OCH3 is 1. The molecule has 0 aromatic carbocycles. The SMILES string of the molecule is COC1CN(CCN)CC1n1ccnc1. The molecule has 0 aliphatic carbocycles. The Labute approximate surface area is 89.8 Å². The molecule has 0 spiro atoms. The van der Waals surface area contributed by atoms with Crippen molar-refractivity contribution in [3.8, 4) is 0 Å². The van der Waals surface area contributed by atoms with Gasteiger partial charge < -0.3 is 15.0 Å². The molecule has 84 valence electrons. The number of aromatic nitrogens is 2. The van der Waals surface area contributed by atoms with Crippen LogP contribution in [0.5, 0.6) is 0 Å². The van der Waals surface area contributed by atoms with E-state index < -0.39 is 0 Å². The van der Waals surface area contributed by atoms with Gasteiger partial charge in [0.05, 0.1) is 18.5 Å². The summed E-state index contributed by atoms with van der Waals surface area (Å²) in [5.74, 6) is 0. The highest BCUT2D eigenvalue weighted by Crippen LogP contribution is 2.23. The van der Waals surface area contributed by atoms with E-state index in [2.05, 4.69) is 14.5 Å². The number of imidazole rings is 1. The highest BCUT2D eigenvalue weighted by atomic mass is 16.5. The molecule has 2 unspecified atom stereocenters. The summed E-state index contributed by atoms with van der Waals surface area (Å²) in [6.45, 7) is 3.58. The van der Waals surface area contributed by atoms with Crippen LogP contribution in [0, 0.1) is 0 Å². The molecule has 2 rings (SSSR count). The Morgan fingerprint density at radius 2 is 2.40 bits per heavy atom. The molecule has 15 heavy (non-hydrogen) atoms. The Hall–Kier alpha value is -0.910. The van der Waals surface area contributed by atoms with Gasteiger partial charge in [0.1, 0.15) is 0 Å². The molecular formula is C10H18N4O. The van der Waals surface area contributed by atoms with Gasteiger partial charge >= 0.3 is 0 Å². The number of nitrogens with two attached hydrogens (primary N) is 1. The third-order valence-electron chi connectivity index (χ3n) is 2.97. The average molecular weight is 210 g/mol. The molecule has 0 radical (unpaired) electrons. The zero-order valence-electron chi connectivity index (χ0n) is 9.04. The Kier molecular flexibility index (Phi) is 3.35. The molecule has 5 heteroatoms. The van der Waals surface area contributed by atoms with Gasteiger partial charge in [0.2, 0.25) is 0 Å². The first kappa shape index (κ1) is 10.6. The molecule has 1 aliphatic heterocycles. The molecule has 1 fully saturated rings. The van der Waals surface area contributed by atoms with Crippen LogP contribution in [-0.4, -0.2) is 53.8 Å². The molecule has 0 bridgehead atoms. The van der Waals surface area contributed by atoms with E-state index in [-0.39, 0.29) is 6.10 Å². The van der Waals surface area contributed by atoms with Crippen molar-refractivity contribution in [3.63, 3.8) is 0 Å². The molecule has 1 aromatic rings. The molecule has 1 saturated heterocycles. The minimum absolute atomic E-state index is 0.241. The lowest BCUT2D eigenvalue weighted by atomic mass is 10.2. The number of hydrogen-bond acceptors (Lipinski definition) is 4. The van der Waals surface area contributed by atoms with Gasteiger partial charge in [-0.2, -0.15) is 0 Å². The minimum Gasteiger partial charge on any atom is -0.378 e. The first-order chi connectivity index (χ1) is 7.35. The Balaban J connectivity index is 2.04. The van der Waals surface area contributed by atoms with Crippen LogP contribution in [0.4, 0.5) is 0 Å². The summed E-state index contributed by atoms with van der Waals surface area (Å²) >= 11 is 0. The average Bonchev–Trinajstić information content (AvgIpc) is 2.84. The largest absolute Gasteiger partial charge is 0.378 e. The second-order valence-corrected chi connectivity index (χ2v) is 3.90. The Bertz CT molecular complexity index is 288. The number of hydrogen-bond donors (Lipinski definition) is 1. The monoisotopic (exact) mass is 210 g/mol. The zero-order chi connectivity index (χ0) is 10.7. The third kappa shape index (κ3) is 2.19. The van der Waals surface area contributed by atoms with Gasteiger partial charge in [-0.25, -0.2) is 4.98 Å². The van der Waals surface area contributed by atoms with Crippen LogP contribution in [0.15, 0.2) is 18.7 Å². The van der Waals surface area contributed by atoms with Crippen LogP contribution in [0.25, 0.3) is 0 Å². The van der Waals surface area contributed by atoms with Crippen molar-refractivity contribution in [1.82, 2.24) is 14.5 Å². The Morgan fingerprint density at radius 3 is 3.00 bits per heavy atom. The predicted octanol–water partition coefficient (Wildman–Crippen LogP) is -0.286. The first-order valence-electron chi connectivity index (χ1n) is 5.28. The van der Waals surface area contributed by atoms with E-state index in [1.165, 1.54) is 0 Å². The molecule has 1 aliphatic rings. The lowest BCUT2D eigenvalue weighted by Gasteiger charge is -2.17. The van der Waals surface area contributed by atoms with E-state index in [0.29, 0.717) is 12.6 Å². The van der Waals surface area contributed by atoms with Gasteiger partial charge in [-0.05, 0) is 0 Å². The second kappa shape index (κ2) is 4.74. The van der Waals surface area contributed by atoms with Crippen LogP contribution in [0.2, 0.25) is 0 Å². The van der Waals surface area contributed by atoms with Crippen LogP contribution in [0.3, 0.4) is 0 Å². The maximum absolute atomic E-state index is 5.56. The lowest BCUT2D eigenvalue weighted by molar-refractivity contribution is 0.0817. The smallest absolute Gasteiger partial charge is 0.0949 e. The fraction of sp³-hybridized carbons (Fsp3) is 0.700. The van der Waals surface area contributed by atoms with Gasteiger partial charge in [0, 0.05) is 45.7 Å². The summed E-state index contributed by atoms with van der Waals surface area (Å²) in [7, 11) is 1.76. The summed E-state index contributed by atoms with van der Waals surface area (Å²) in [6.07, 6.45) is 5.88. The van der Waals surface area contributed by atoms with E-state index in [1.54, 1.807) is 13.3 Å². The fourth-order valence-corrected chi connectivity index (χ4v) is 2.18. The van der Waals surface area contributed by atoms with Gasteiger partial charge in [-0.15, -0.1) is 0 Å². The first-order valence-corrected chi connectivity index (χ1v) is 5.28. The highest BCUT2D eigenvalue weighted by molar-refractivity contribution is 4.92. The maximum Gasteiger partial charge on any atom is 0.0949 e. The van der Waals surface area contributed by atoms with Crippen molar-refractivity contribution >= 4 is 0 Å². The maximum atomic E-state index is 5.56. The standard InChI is InChI=1S/C10H18N4O/c1-15-10-7-13(4-2-11)6-9(10)14-5-3-12-8-14/h3,5,8-10H,2,4,6-7,11H2,1H3. The molecule has 0 amide bonds. The molecule has 2 heterocycles. The van der Waals surface area contributed by atoms with E-state index in [9.17, 15) is 0 Å². The van der Waals surface area contributed by atoms with Crippen molar-refractivity contribution in [2.75, 3.05) is 33.3 Å². The van der Waals surface area contributed by atoms with Crippen LogP contribution >= 0.6 is 0 Å². The lowest BCUT2D eigenvalue weighted by Crippen LogP contribution is -2.28. The van der Waals surface area contributed by atoms with Crippen molar-refractivity contribution in [2.45, 2.75) is 12.1 Å². The summed E-state index contributed by atoms with van der Waals surface area (Å²) in [5, 5.41) is 0. The van der Waals surface area contributed by atoms with E-state index in [1.807, 2.05) is 12.5 Å². The summed E-state index contributed by atoms with van der Waals surface area (Å²) < 4.78 is 7.61. The summed E-state index contributed by atoms with van der Waals surface area (Å²) in [4.78, 5) is 6.40. The van der Waals surface area contributed by atoms with Crippen LogP contribution < -0.4 is 5.73 Å². The number of rotatable bonds is 4. The summed E-state index contributed by atoms with van der Waals surface area (Å²) in [5.41, 5.74) is 5.56. The highest BCUT2D eigenvalue weighted by Gasteiger charge is 2.33. The second-order valence-electron chi connectivity index (χ2n) is 3.90. The van der Waals surface area contributed by atoms with Crippen molar-refractivity contribution in [3.05, 3.63) is 18.7 Å². The number of nitrogens with zero attached hydrogens (tertiary/aromatic N) is 3.